The molecule has 0 bridgehead atoms. The number of benzene rings is 2. The molecule has 154 valence electrons. The van der Waals surface area contributed by atoms with E-state index in [1.807, 2.05) is 0 Å². The third-order valence-electron chi connectivity index (χ3n) is 3.99. The molecule has 2 aromatic carbocycles. The fraction of sp³-hybridized carbons (Fsp3) is 0.333. The molecule has 0 spiro atoms. The van der Waals surface area contributed by atoms with E-state index in [0.717, 1.165) is 24.3 Å². The van der Waals surface area contributed by atoms with Gasteiger partial charge in [-0.3, -0.25) is 0 Å². The van der Waals surface area contributed by atoms with Crippen LogP contribution in [0.2, 0.25) is 0 Å². The van der Waals surface area contributed by atoms with Crippen molar-refractivity contribution in [2.75, 3.05) is 0 Å². The molecule has 0 saturated heterocycles. The van der Waals surface area contributed by atoms with Crippen molar-refractivity contribution in [2.45, 2.75) is 36.5 Å². The first kappa shape index (κ1) is 23.1. The zero-order valence-corrected chi connectivity index (χ0v) is 17.0. The van der Waals surface area contributed by atoms with Crippen LogP contribution in [0.3, 0.4) is 0 Å². The second kappa shape index (κ2) is 7.93. The quantitative estimate of drug-likeness (QED) is 0.319. The molecule has 10 heteroatoms. The average Bonchev–Trinajstić information content (AvgIpc) is 2.58. The SMILES string of the molecule is FC(F)(Cc1ccc(Br)cc1)C(F)(F)C(F)(F)C(F)(F)Cc1ccc(Br)cc1. The van der Waals surface area contributed by atoms with E-state index in [1.165, 1.54) is 24.3 Å². The molecule has 0 heterocycles. The lowest BCUT2D eigenvalue weighted by Gasteiger charge is -2.37. The van der Waals surface area contributed by atoms with Gasteiger partial charge in [0.25, 0.3) is 0 Å². The summed E-state index contributed by atoms with van der Waals surface area (Å²) in [6.07, 6.45) is -3.64. The molecule has 0 fully saturated rings. The summed E-state index contributed by atoms with van der Waals surface area (Å²) in [6, 6.07) is 8.98. The van der Waals surface area contributed by atoms with Crippen molar-refractivity contribution in [3.63, 3.8) is 0 Å². The van der Waals surface area contributed by atoms with Gasteiger partial charge in [0, 0.05) is 21.8 Å². The number of rotatable bonds is 7. The second-order valence-electron chi connectivity index (χ2n) is 6.16. The van der Waals surface area contributed by atoms with E-state index in [4.69, 9.17) is 0 Å². The van der Waals surface area contributed by atoms with Crippen LogP contribution < -0.4 is 0 Å². The van der Waals surface area contributed by atoms with Crippen molar-refractivity contribution in [3.8, 4) is 0 Å². The van der Waals surface area contributed by atoms with Crippen LogP contribution in [-0.2, 0) is 12.8 Å². The highest BCUT2D eigenvalue weighted by atomic mass is 79.9. The van der Waals surface area contributed by atoms with Crippen LogP contribution in [0.15, 0.2) is 57.5 Å². The summed E-state index contributed by atoms with van der Waals surface area (Å²) >= 11 is 6.00. The van der Waals surface area contributed by atoms with Gasteiger partial charge in [-0.15, -0.1) is 0 Å². The number of hydrogen-bond acceptors (Lipinski definition) is 0. The second-order valence-corrected chi connectivity index (χ2v) is 8.00. The zero-order chi connectivity index (χ0) is 21.4. The topological polar surface area (TPSA) is 0 Å². The molecule has 28 heavy (non-hydrogen) atoms. The Morgan fingerprint density at radius 1 is 0.500 bits per heavy atom. The van der Waals surface area contributed by atoms with Crippen molar-refractivity contribution in [1.82, 2.24) is 0 Å². The highest BCUT2D eigenvalue weighted by Gasteiger charge is 2.79. The highest BCUT2D eigenvalue weighted by Crippen LogP contribution is 2.54. The van der Waals surface area contributed by atoms with Gasteiger partial charge >= 0.3 is 23.7 Å². The van der Waals surface area contributed by atoms with E-state index in [2.05, 4.69) is 31.9 Å². The first-order chi connectivity index (χ1) is 12.7. The minimum absolute atomic E-state index is 0.403. The van der Waals surface area contributed by atoms with Gasteiger partial charge in [0.15, 0.2) is 0 Å². The summed E-state index contributed by atoms with van der Waals surface area (Å²) in [6.45, 7) is 0. The van der Waals surface area contributed by atoms with Gasteiger partial charge in [0.2, 0.25) is 0 Å². The summed E-state index contributed by atoms with van der Waals surface area (Å²) in [5, 5.41) is 0. The summed E-state index contributed by atoms with van der Waals surface area (Å²) in [5.74, 6) is -23.4. The monoisotopic (exact) mass is 538 g/mol. The Balaban J connectivity index is 2.30. The summed E-state index contributed by atoms with van der Waals surface area (Å²) in [4.78, 5) is 0. The Kier molecular flexibility index (Phi) is 6.55. The first-order valence-corrected chi connectivity index (χ1v) is 9.28. The molecule has 2 aromatic rings. The molecule has 0 aliphatic carbocycles. The van der Waals surface area contributed by atoms with E-state index in [0.29, 0.717) is 8.95 Å². The van der Waals surface area contributed by atoms with Gasteiger partial charge in [-0.1, -0.05) is 56.1 Å². The van der Waals surface area contributed by atoms with Crippen LogP contribution in [0.1, 0.15) is 11.1 Å². The highest BCUT2D eigenvalue weighted by molar-refractivity contribution is 9.10. The molecule has 0 unspecified atom stereocenters. The van der Waals surface area contributed by atoms with Crippen molar-refractivity contribution in [2.24, 2.45) is 0 Å². The molecule has 0 amide bonds. The Labute approximate surface area is 172 Å². The zero-order valence-electron chi connectivity index (χ0n) is 13.8. The van der Waals surface area contributed by atoms with Gasteiger partial charge in [0.1, 0.15) is 0 Å². The van der Waals surface area contributed by atoms with Crippen molar-refractivity contribution in [3.05, 3.63) is 68.6 Å². The van der Waals surface area contributed by atoms with E-state index in [9.17, 15) is 35.1 Å². The van der Waals surface area contributed by atoms with E-state index in [-0.39, 0.29) is 0 Å². The van der Waals surface area contributed by atoms with Crippen molar-refractivity contribution < 1.29 is 35.1 Å². The Bertz CT molecular complexity index is 732. The molecule has 0 radical (unpaired) electrons. The van der Waals surface area contributed by atoms with Crippen LogP contribution in [0.5, 0.6) is 0 Å². The lowest BCUT2D eigenvalue weighted by Crippen LogP contribution is -2.63. The van der Waals surface area contributed by atoms with Gasteiger partial charge in [0.05, 0.1) is 0 Å². The fourth-order valence-corrected chi connectivity index (χ4v) is 2.93. The molecule has 0 N–H and O–H groups in total. The maximum Gasteiger partial charge on any atom is 0.378 e. The molecule has 0 aliphatic rings. The lowest BCUT2D eigenvalue weighted by atomic mass is 9.91. The molecule has 0 aliphatic heterocycles. The van der Waals surface area contributed by atoms with Gasteiger partial charge < -0.3 is 0 Å². The van der Waals surface area contributed by atoms with Gasteiger partial charge in [-0.05, 0) is 35.4 Å². The maximum absolute atomic E-state index is 14.0. The Hall–Kier alpha value is -1.16. The van der Waals surface area contributed by atoms with Crippen LogP contribution in [0, 0.1) is 0 Å². The minimum Gasteiger partial charge on any atom is -0.199 e. The van der Waals surface area contributed by atoms with Crippen molar-refractivity contribution >= 4 is 31.9 Å². The molecule has 0 saturated carbocycles. The van der Waals surface area contributed by atoms with Crippen LogP contribution >= 0.6 is 31.9 Å². The molecule has 2 rings (SSSR count). The standard InChI is InChI=1S/C18H12Br2F8/c19-13-5-1-11(2-6-13)9-15(21,22)17(25,26)18(27,28)16(23,24)10-12-3-7-14(20)8-4-12/h1-8H,9-10H2. The lowest BCUT2D eigenvalue weighted by molar-refractivity contribution is -0.365. The number of halogens is 10. The number of hydrogen-bond donors (Lipinski definition) is 0. The molecule has 0 atom stereocenters. The maximum atomic E-state index is 14.0. The third kappa shape index (κ3) is 4.53. The summed E-state index contributed by atoms with van der Waals surface area (Å²) in [7, 11) is 0. The van der Waals surface area contributed by atoms with E-state index in [1.54, 1.807) is 0 Å². The predicted octanol–water partition coefficient (Wildman–Crippen LogP) is 7.54. The smallest absolute Gasteiger partial charge is 0.199 e. The predicted molar refractivity (Wildman–Crippen MR) is 95.5 cm³/mol. The van der Waals surface area contributed by atoms with Gasteiger partial charge in [-0.2, -0.15) is 35.1 Å². The molecule has 0 nitrogen and oxygen atoms in total. The fourth-order valence-electron chi connectivity index (χ4n) is 2.40. The first-order valence-electron chi connectivity index (χ1n) is 7.70. The van der Waals surface area contributed by atoms with Crippen molar-refractivity contribution in [1.29, 1.82) is 0 Å². The minimum atomic E-state index is -6.29. The van der Waals surface area contributed by atoms with Gasteiger partial charge in [-0.25, -0.2) is 0 Å². The summed E-state index contributed by atoms with van der Waals surface area (Å²) in [5.41, 5.74) is -0.806. The Morgan fingerprint density at radius 3 is 1.00 bits per heavy atom. The van der Waals surface area contributed by atoms with Crippen LogP contribution in [-0.4, -0.2) is 23.7 Å². The third-order valence-corrected chi connectivity index (χ3v) is 5.05. The van der Waals surface area contributed by atoms with E-state index >= 15 is 0 Å². The summed E-state index contributed by atoms with van der Waals surface area (Å²) < 4.78 is 113. The Morgan fingerprint density at radius 2 is 0.750 bits per heavy atom. The molecular formula is C18H12Br2F8. The average molecular weight is 540 g/mol. The van der Waals surface area contributed by atoms with Crippen LogP contribution in [0.4, 0.5) is 35.1 Å². The largest absolute Gasteiger partial charge is 0.378 e. The van der Waals surface area contributed by atoms with E-state index < -0.39 is 47.7 Å². The normalized spacial score (nSPS) is 13.6. The number of alkyl halides is 8. The molecular weight excluding hydrogens is 528 g/mol. The van der Waals surface area contributed by atoms with Crippen LogP contribution in [0.25, 0.3) is 0 Å². The molecule has 0 aromatic heterocycles.